The summed E-state index contributed by atoms with van der Waals surface area (Å²) in [5.41, 5.74) is 1.08. The molecule has 0 bridgehead atoms. The molecule has 0 aliphatic carbocycles. The number of halogens is 1. The largest absolute Gasteiger partial charge is 0.494 e. The minimum absolute atomic E-state index is 0.378. The van der Waals surface area contributed by atoms with Gasteiger partial charge in [-0.15, -0.1) is 0 Å². The fourth-order valence-corrected chi connectivity index (χ4v) is 2.92. The van der Waals surface area contributed by atoms with Gasteiger partial charge in [-0.3, -0.25) is 0 Å². The average molecular weight is 345 g/mol. The van der Waals surface area contributed by atoms with Gasteiger partial charge in [0.15, 0.2) is 0 Å². The minimum Gasteiger partial charge on any atom is -0.456 e. The summed E-state index contributed by atoms with van der Waals surface area (Å²) in [4.78, 5) is 0. The van der Waals surface area contributed by atoms with Crippen molar-refractivity contribution in [3.05, 3.63) is 53.1 Å². The second-order valence-corrected chi connectivity index (χ2v) is 7.56. The Morgan fingerprint density at radius 1 is 0.958 bits per heavy atom. The lowest BCUT2D eigenvalue weighted by Crippen LogP contribution is -2.41. The summed E-state index contributed by atoms with van der Waals surface area (Å²) in [6.45, 7) is 10.1. The van der Waals surface area contributed by atoms with Crippen molar-refractivity contribution in [1.82, 2.24) is 0 Å². The Morgan fingerprint density at radius 2 is 1.54 bits per heavy atom. The zero-order valence-corrected chi connectivity index (χ0v) is 15.5. The summed E-state index contributed by atoms with van der Waals surface area (Å²) in [7, 11) is -0.433. The maximum Gasteiger partial charge on any atom is 0.494 e. The SMILES string of the molecule is Cc1cc(B2OC(C)(C)C(C)(C)O2)cc(Cl)c1Oc1ccccc1. The third kappa shape index (κ3) is 3.19. The molecule has 3 nitrogen and oxygen atoms in total. The minimum atomic E-state index is -0.433. The summed E-state index contributed by atoms with van der Waals surface area (Å²) in [5, 5.41) is 0.545. The predicted molar refractivity (Wildman–Crippen MR) is 98.4 cm³/mol. The van der Waals surface area contributed by atoms with E-state index < -0.39 is 7.12 Å². The first-order valence-electron chi connectivity index (χ1n) is 8.08. The van der Waals surface area contributed by atoms with E-state index in [1.807, 2.05) is 77.1 Å². The summed E-state index contributed by atoms with van der Waals surface area (Å²) in [6, 6.07) is 13.5. The van der Waals surface area contributed by atoms with E-state index in [1.54, 1.807) is 0 Å². The van der Waals surface area contributed by atoms with Crippen LogP contribution in [-0.2, 0) is 9.31 Å². The van der Waals surface area contributed by atoms with E-state index in [0.29, 0.717) is 10.8 Å². The van der Waals surface area contributed by atoms with Gasteiger partial charge >= 0.3 is 7.12 Å². The molecule has 0 aromatic heterocycles. The highest BCUT2D eigenvalue weighted by atomic mass is 35.5. The molecule has 0 atom stereocenters. The summed E-state index contributed by atoms with van der Waals surface area (Å²) in [6.07, 6.45) is 0. The van der Waals surface area contributed by atoms with Gasteiger partial charge in [0.1, 0.15) is 11.5 Å². The number of hydrogen-bond acceptors (Lipinski definition) is 3. The number of para-hydroxylation sites is 1. The summed E-state index contributed by atoms with van der Waals surface area (Å²) in [5.74, 6) is 1.41. The van der Waals surface area contributed by atoms with Crippen molar-refractivity contribution in [3.63, 3.8) is 0 Å². The number of aryl methyl sites for hydroxylation is 1. The highest BCUT2D eigenvalue weighted by Crippen LogP contribution is 2.38. The normalized spacial score (nSPS) is 18.7. The molecule has 0 N–H and O–H groups in total. The van der Waals surface area contributed by atoms with Crippen molar-refractivity contribution in [1.29, 1.82) is 0 Å². The number of rotatable bonds is 3. The highest BCUT2D eigenvalue weighted by Gasteiger charge is 2.51. The molecule has 1 aliphatic heterocycles. The monoisotopic (exact) mass is 344 g/mol. The Balaban J connectivity index is 1.88. The van der Waals surface area contributed by atoms with Crippen LogP contribution in [0.4, 0.5) is 0 Å². The molecule has 5 heteroatoms. The molecule has 1 saturated heterocycles. The summed E-state index contributed by atoms with van der Waals surface area (Å²) >= 11 is 6.47. The fourth-order valence-electron chi connectivity index (χ4n) is 2.61. The molecule has 2 aromatic carbocycles. The summed E-state index contributed by atoms with van der Waals surface area (Å²) < 4.78 is 18.1. The molecule has 1 heterocycles. The zero-order chi connectivity index (χ0) is 17.5. The zero-order valence-electron chi connectivity index (χ0n) is 14.7. The molecule has 126 valence electrons. The second-order valence-electron chi connectivity index (χ2n) is 7.15. The number of benzene rings is 2. The molecule has 3 rings (SSSR count). The topological polar surface area (TPSA) is 27.7 Å². The molecule has 0 unspecified atom stereocenters. The first kappa shape index (κ1) is 17.3. The third-order valence-electron chi connectivity index (χ3n) is 4.74. The Kier molecular flexibility index (Phi) is 4.41. The van der Waals surface area contributed by atoms with Crippen molar-refractivity contribution >= 4 is 24.2 Å². The standard InChI is InChI=1S/C19H22BClO3/c1-13-11-14(20-23-18(2,3)19(4,5)24-20)12-16(21)17(13)22-15-9-7-6-8-10-15/h6-12H,1-5H3. The molecule has 1 fully saturated rings. The molecule has 0 amide bonds. The van der Waals surface area contributed by atoms with Crippen LogP contribution in [0, 0.1) is 6.92 Å². The van der Waals surface area contributed by atoms with Crippen molar-refractivity contribution in [2.75, 3.05) is 0 Å². The van der Waals surface area contributed by atoms with E-state index in [4.69, 9.17) is 25.6 Å². The van der Waals surface area contributed by atoms with E-state index >= 15 is 0 Å². The smallest absolute Gasteiger partial charge is 0.456 e. The van der Waals surface area contributed by atoms with Crippen LogP contribution in [0.2, 0.25) is 5.02 Å². The van der Waals surface area contributed by atoms with Crippen LogP contribution in [-0.4, -0.2) is 18.3 Å². The van der Waals surface area contributed by atoms with Gasteiger partial charge in [0.25, 0.3) is 0 Å². The molecular formula is C19H22BClO3. The Labute approximate surface area is 149 Å². The van der Waals surface area contributed by atoms with E-state index in [9.17, 15) is 0 Å². The van der Waals surface area contributed by atoms with Crippen LogP contribution in [0.15, 0.2) is 42.5 Å². The highest BCUT2D eigenvalue weighted by molar-refractivity contribution is 6.62. The first-order chi connectivity index (χ1) is 11.2. The molecule has 0 radical (unpaired) electrons. The second kappa shape index (κ2) is 6.10. The number of hydrogen-bond donors (Lipinski definition) is 0. The fraction of sp³-hybridized carbons (Fsp3) is 0.368. The number of ether oxygens (including phenoxy) is 1. The predicted octanol–water partition coefficient (Wildman–Crippen LogP) is 4.74. The average Bonchev–Trinajstić information content (AvgIpc) is 2.72. The Hall–Kier alpha value is -1.49. The maximum atomic E-state index is 6.47. The van der Waals surface area contributed by atoms with Crippen LogP contribution < -0.4 is 10.2 Å². The van der Waals surface area contributed by atoms with Crippen LogP contribution in [0.1, 0.15) is 33.3 Å². The van der Waals surface area contributed by atoms with E-state index in [2.05, 4.69) is 0 Å². The first-order valence-corrected chi connectivity index (χ1v) is 8.46. The van der Waals surface area contributed by atoms with Gasteiger partial charge in [-0.1, -0.05) is 35.9 Å². The van der Waals surface area contributed by atoms with Gasteiger partial charge in [-0.2, -0.15) is 0 Å². The van der Waals surface area contributed by atoms with Crippen molar-refractivity contribution in [2.24, 2.45) is 0 Å². The maximum absolute atomic E-state index is 6.47. The molecule has 0 spiro atoms. The Morgan fingerprint density at radius 3 is 2.08 bits per heavy atom. The van der Waals surface area contributed by atoms with Crippen LogP contribution in [0.3, 0.4) is 0 Å². The van der Waals surface area contributed by atoms with Gasteiger partial charge in [0, 0.05) is 0 Å². The molecular weight excluding hydrogens is 322 g/mol. The van der Waals surface area contributed by atoms with Crippen molar-refractivity contribution in [2.45, 2.75) is 45.8 Å². The lowest BCUT2D eigenvalue weighted by Gasteiger charge is -2.32. The molecule has 2 aromatic rings. The van der Waals surface area contributed by atoms with Crippen LogP contribution in [0.5, 0.6) is 11.5 Å². The lowest BCUT2D eigenvalue weighted by molar-refractivity contribution is 0.00578. The van der Waals surface area contributed by atoms with Gasteiger partial charge in [0.2, 0.25) is 0 Å². The molecule has 0 saturated carbocycles. The third-order valence-corrected chi connectivity index (χ3v) is 5.02. The molecule has 1 aliphatic rings. The van der Waals surface area contributed by atoms with Crippen LogP contribution in [0.25, 0.3) is 0 Å². The van der Waals surface area contributed by atoms with Gasteiger partial charge in [-0.05, 0) is 63.8 Å². The quantitative estimate of drug-likeness (QED) is 0.753. The van der Waals surface area contributed by atoms with Gasteiger partial charge in [-0.25, -0.2) is 0 Å². The van der Waals surface area contributed by atoms with Gasteiger partial charge in [0.05, 0.1) is 16.2 Å². The van der Waals surface area contributed by atoms with Crippen molar-refractivity contribution in [3.8, 4) is 11.5 Å². The molecule has 24 heavy (non-hydrogen) atoms. The lowest BCUT2D eigenvalue weighted by atomic mass is 9.78. The van der Waals surface area contributed by atoms with E-state index in [1.165, 1.54) is 0 Å². The van der Waals surface area contributed by atoms with E-state index in [-0.39, 0.29) is 11.2 Å². The van der Waals surface area contributed by atoms with Crippen LogP contribution >= 0.6 is 11.6 Å². The van der Waals surface area contributed by atoms with Crippen molar-refractivity contribution < 1.29 is 14.0 Å². The van der Waals surface area contributed by atoms with E-state index in [0.717, 1.165) is 16.8 Å². The Bertz CT molecular complexity index is 705. The van der Waals surface area contributed by atoms with Gasteiger partial charge < -0.3 is 14.0 Å².